The summed E-state index contributed by atoms with van der Waals surface area (Å²) in [5.74, 6) is -2.86. The van der Waals surface area contributed by atoms with Gasteiger partial charge in [0.25, 0.3) is 5.78 Å². The smallest absolute Gasteiger partial charge is 0.301 e. The van der Waals surface area contributed by atoms with Crippen LogP contribution >= 0.6 is 11.3 Å². The Morgan fingerprint density at radius 2 is 2.06 bits per heavy atom. The molecule has 0 radical (unpaired) electrons. The van der Waals surface area contributed by atoms with Crippen LogP contribution in [0.25, 0.3) is 5.76 Å². The zero-order valence-corrected chi connectivity index (χ0v) is 17.5. The number of aromatic nitrogens is 2. The summed E-state index contributed by atoms with van der Waals surface area (Å²) in [6, 6.07) is 6.29. The van der Waals surface area contributed by atoms with E-state index in [1.807, 2.05) is 0 Å². The molecule has 1 atom stereocenters. The summed E-state index contributed by atoms with van der Waals surface area (Å²) in [5, 5.41) is 13.0. The SMILES string of the molecule is CC(C)Oc1ccc(/C(O)=C2\C(=O)C(=O)N(c3nccs3)[C@H]2c2cccnc2)cc1F. The first-order valence-electron chi connectivity index (χ1n) is 9.45. The number of pyridine rings is 1. The number of thiazole rings is 1. The van der Waals surface area contributed by atoms with Gasteiger partial charge in [0, 0.05) is 29.5 Å². The quantitative estimate of drug-likeness (QED) is 0.366. The molecule has 1 fully saturated rings. The van der Waals surface area contributed by atoms with Crippen LogP contribution in [-0.4, -0.2) is 32.9 Å². The molecule has 0 aliphatic carbocycles. The maximum absolute atomic E-state index is 14.5. The first-order valence-corrected chi connectivity index (χ1v) is 10.3. The van der Waals surface area contributed by atoms with Crippen molar-refractivity contribution in [3.8, 4) is 5.75 Å². The van der Waals surface area contributed by atoms with Crippen LogP contribution in [0.2, 0.25) is 0 Å². The number of carbonyl (C=O) groups excluding carboxylic acids is 2. The lowest BCUT2D eigenvalue weighted by molar-refractivity contribution is -0.132. The van der Waals surface area contributed by atoms with Gasteiger partial charge >= 0.3 is 5.91 Å². The monoisotopic (exact) mass is 439 g/mol. The van der Waals surface area contributed by atoms with E-state index < -0.39 is 29.3 Å². The molecule has 1 saturated heterocycles. The van der Waals surface area contributed by atoms with E-state index in [1.54, 1.807) is 37.6 Å². The number of carbonyl (C=O) groups is 2. The van der Waals surface area contributed by atoms with Crippen LogP contribution in [0.15, 0.2) is 59.9 Å². The lowest BCUT2D eigenvalue weighted by Crippen LogP contribution is -2.29. The molecule has 2 aromatic heterocycles. The Hall–Kier alpha value is -3.59. The highest BCUT2D eigenvalue weighted by Gasteiger charge is 2.48. The molecule has 31 heavy (non-hydrogen) atoms. The number of ether oxygens (including phenoxy) is 1. The number of aliphatic hydroxyl groups is 1. The van der Waals surface area contributed by atoms with Gasteiger partial charge < -0.3 is 9.84 Å². The predicted molar refractivity (Wildman–Crippen MR) is 113 cm³/mol. The van der Waals surface area contributed by atoms with E-state index in [9.17, 15) is 19.1 Å². The minimum absolute atomic E-state index is 0.0265. The molecule has 9 heteroatoms. The van der Waals surface area contributed by atoms with Crippen molar-refractivity contribution in [2.24, 2.45) is 0 Å². The van der Waals surface area contributed by atoms with Gasteiger partial charge in [0.2, 0.25) is 0 Å². The lowest BCUT2D eigenvalue weighted by Gasteiger charge is -2.22. The third kappa shape index (κ3) is 3.79. The molecule has 1 aromatic carbocycles. The summed E-state index contributed by atoms with van der Waals surface area (Å²) in [4.78, 5) is 35.2. The molecule has 1 aliphatic rings. The number of halogens is 1. The first kappa shape index (κ1) is 20.7. The van der Waals surface area contributed by atoms with E-state index in [1.165, 1.54) is 40.8 Å². The number of anilines is 1. The Morgan fingerprint density at radius 1 is 1.26 bits per heavy atom. The van der Waals surface area contributed by atoms with Crippen molar-refractivity contribution in [1.29, 1.82) is 0 Å². The van der Waals surface area contributed by atoms with Gasteiger partial charge in [-0.15, -0.1) is 11.3 Å². The molecule has 1 N–H and O–H groups in total. The number of aliphatic hydroxyl groups excluding tert-OH is 1. The van der Waals surface area contributed by atoms with Crippen LogP contribution in [-0.2, 0) is 9.59 Å². The van der Waals surface area contributed by atoms with E-state index >= 15 is 0 Å². The van der Waals surface area contributed by atoms with Gasteiger partial charge in [-0.05, 0) is 43.7 Å². The summed E-state index contributed by atoms with van der Waals surface area (Å²) >= 11 is 1.18. The van der Waals surface area contributed by atoms with Gasteiger partial charge in [-0.3, -0.25) is 19.5 Å². The normalized spacial score (nSPS) is 18.1. The van der Waals surface area contributed by atoms with E-state index in [0.717, 1.165) is 6.07 Å². The third-order valence-electron chi connectivity index (χ3n) is 4.64. The highest BCUT2D eigenvalue weighted by Crippen LogP contribution is 2.42. The minimum Gasteiger partial charge on any atom is -0.507 e. The summed E-state index contributed by atoms with van der Waals surface area (Å²) in [7, 11) is 0. The summed E-state index contributed by atoms with van der Waals surface area (Å²) in [6.45, 7) is 3.53. The van der Waals surface area contributed by atoms with Crippen LogP contribution in [0.1, 0.15) is 31.0 Å². The number of benzene rings is 1. The van der Waals surface area contributed by atoms with Gasteiger partial charge in [0.05, 0.1) is 17.7 Å². The second-order valence-electron chi connectivity index (χ2n) is 7.08. The Kier molecular flexibility index (Phi) is 5.51. The fourth-order valence-corrected chi connectivity index (χ4v) is 4.04. The third-order valence-corrected chi connectivity index (χ3v) is 5.41. The van der Waals surface area contributed by atoms with Gasteiger partial charge in [0.15, 0.2) is 16.7 Å². The first-order chi connectivity index (χ1) is 14.9. The van der Waals surface area contributed by atoms with E-state index in [0.29, 0.717) is 10.7 Å². The fourth-order valence-electron chi connectivity index (χ4n) is 3.37. The van der Waals surface area contributed by atoms with E-state index in [-0.39, 0.29) is 23.0 Å². The molecule has 158 valence electrons. The van der Waals surface area contributed by atoms with Crippen LogP contribution in [0, 0.1) is 5.82 Å². The zero-order valence-electron chi connectivity index (χ0n) is 16.7. The van der Waals surface area contributed by atoms with Gasteiger partial charge in [-0.25, -0.2) is 9.37 Å². The summed E-state index contributed by atoms with van der Waals surface area (Å²) < 4.78 is 19.9. The number of nitrogens with zero attached hydrogens (tertiary/aromatic N) is 3. The number of Topliss-reactive ketones (excluding diaryl/α,β-unsaturated/α-hetero) is 1. The molecule has 4 rings (SSSR count). The molecular formula is C22H18FN3O4S. The average Bonchev–Trinajstić information content (AvgIpc) is 3.36. The number of hydrogen-bond acceptors (Lipinski definition) is 7. The van der Waals surface area contributed by atoms with Crippen molar-refractivity contribution in [2.45, 2.75) is 26.0 Å². The predicted octanol–water partition coefficient (Wildman–Crippen LogP) is 4.09. The van der Waals surface area contributed by atoms with Crippen LogP contribution in [0.5, 0.6) is 5.75 Å². The van der Waals surface area contributed by atoms with Crippen molar-refractivity contribution in [1.82, 2.24) is 9.97 Å². The topological polar surface area (TPSA) is 92.6 Å². The Balaban J connectivity index is 1.86. The van der Waals surface area contributed by atoms with Crippen molar-refractivity contribution < 1.29 is 23.8 Å². The van der Waals surface area contributed by atoms with Crippen molar-refractivity contribution in [3.63, 3.8) is 0 Å². The number of amides is 1. The molecule has 0 spiro atoms. The standard InChI is InChI=1S/C22H18FN3O4S/c1-12(2)30-16-6-5-13(10-15(16)23)19(27)17-18(14-4-3-7-24-11-14)26(21(29)20(17)28)22-25-8-9-31-22/h3-12,18,27H,1-2H3/b19-17+/t18-/m0/s1. The molecule has 3 heterocycles. The highest BCUT2D eigenvalue weighted by atomic mass is 32.1. The maximum atomic E-state index is 14.5. The van der Waals surface area contributed by atoms with Gasteiger partial charge in [-0.2, -0.15) is 0 Å². The van der Waals surface area contributed by atoms with Gasteiger partial charge in [0.1, 0.15) is 5.76 Å². The molecule has 0 unspecified atom stereocenters. The van der Waals surface area contributed by atoms with Gasteiger partial charge in [-0.1, -0.05) is 6.07 Å². The molecule has 7 nitrogen and oxygen atoms in total. The number of rotatable bonds is 5. The molecule has 1 amide bonds. The average molecular weight is 439 g/mol. The van der Waals surface area contributed by atoms with Crippen molar-refractivity contribution in [2.75, 3.05) is 4.90 Å². The van der Waals surface area contributed by atoms with Crippen LogP contribution < -0.4 is 9.64 Å². The Labute approximate surface area is 181 Å². The van der Waals surface area contributed by atoms with Crippen LogP contribution in [0.3, 0.4) is 0 Å². The highest BCUT2D eigenvalue weighted by molar-refractivity contribution is 7.14. The lowest BCUT2D eigenvalue weighted by atomic mass is 9.96. The Morgan fingerprint density at radius 3 is 2.68 bits per heavy atom. The second-order valence-corrected chi connectivity index (χ2v) is 7.95. The molecular weight excluding hydrogens is 421 g/mol. The fraction of sp³-hybridized carbons (Fsp3) is 0.182. The number of ketones is 1. The van der Waals surface area contributed by atoms with Crippen molar-refractivity contribution >= 4 is 33.9 Å². The summed E-state index contributed by atoms with van der Waals surface area (Å²) in [5.41, 5.74) is 0.406. The summed E-state index contributed by atoms with van der Waals surface area (Å²) in [6.07, 6.45) is 4.35. The largest absolute Gasteiger partial charge is 0.507 e. The van der Waals surface area contributed by atoms with Crippen LogP contribution in [0.4, 0.5) is 9.52 Å². The second kappa shape index (κ2) is 8.27. The van der Waals surface area contributed by atoms with E-state index in [2.05, 4.69) is 9.97 Å². The molecule has 0 bridgehead atoms. The molecule has 1 aliphatic heterocycles. The minimum atomic E-state index is -0.950. The van der Waals surface area contributed by atoms with E-state index in [4.69, 9.17) is 4.74 Å². The molecule has 3 aromatic rings. The van der Waals surface area contributed by atoms with Crippen molar-refractivity contribution in [3.05, 3.63) is 76.8 Å². The maximum Gasteiger partial charge on any atom is 0.301 e. The zero-order chi connectivity index (χ0) is 22.1. The molecule has 0 saturated carbocycles. The Bertz CT molecular complexity index is 1160. The number of hydrogen-bond donors (Lipinski definition) is 1.